The first-order valence-electron chi connectivity index (χ1n) is 8.10. The molecule has 2 saturated heterocycles. The largest absolute Gasteiger partial charge is 0.509 e. The molecule has 0 amide bonds. The zero-order chi connectivity index (χ0) is 17.8. The molecule has 2 aliphatic heterocycles. The topological polar surface area (TPSA) is 84.2 Å². The van der Waals surface area contributed by atoms with Gasteiger partial charge in [-0.1, -0.05) is 19.1 Å². The van der Waals surface area contributed by atoms with Crippen LogP contribution in [0.25, 0.3) is 11.0 Å². The SMILES string of the molecule is C[C@@H]1[C@@H]2OC(=O)O[C@@H]2C(Oc2cccc3ccc(=O)oc23)OC1(C)C. The van der Waals surface area contributed by atoms with Crippen molar-refractivity contribution in [3.63, 3.8) is 0 Å². The van der Waals surface area contributed by atoms with Crippen LogP contribution in [0, 0.1) is 5.92 Å². The molecule has 2 aliphatic rings. The van der Waals surface area contributed by atoms with E-state index in [9.17, 15) is 9.59 Å². The number of para-hydroxylation sites is 1. The lowest BCUT2D eigenvalue weighted by Crippen LogP contribution is -2.58. The van der Waals surface area contributed by atoms with E-state index < -0.39 is 35.9 Å². The second kappa shape index (κ2) is 5.49. The number of benzene rings is 1. The van der Waals surface area contributed by atoms with Gasteiger partial charge in [-0.05, 0) is 26.0 Å². The summed E-state index contributed by atoms with van der Waals surface area (Å²) < 4.78 is 27.8. The Balaban J connectivity index is 1.71. The van der Waals surface area contributed by atoms with E-state index in [0.29, 0.717) is 11.3 Å². The van der Waals surface area contributed by atoms with Crippen LogP contribution in [-0.2, 0) is 14.2 Å². The van der Waals surface area contributed by atoms with Gasteiger partial charge in [0.2, 0.25) is 12.4 Å². The van der Waals surface area contributed by atoms with Crippen LogP contribution in [0.2, 0.25) is 0 Å². The smallest absolute Gasteiger partial charge is 0.457 e. The van der Waals surface area contributed by atoms with E-state index >= 15 is 0 Å². The molecule has 0 N–H and O–H groups in total. The van der Waals surface area contributed by atoms with E-state index in [1.54, 1.807) is 24.3 Å². The van der Waals surface area contributed by atoms with Gasteiger partial charge in [0.15, 0.2) is 17.4 Å². The number of carbonyl (C=O) groups excluding carboxylic acids is 1. The predicted molar refractivity (Wildman–Crippen MR) is 86.4 cm³/mol. The zero-order valence-electron chi connectivity index (χ0n) is 14.1. The zero-order valence-corrected chi connectivity index (χ0v) is 14.1. The van der Waals surface area contributed by atoms with Crippen molar-refractivity contribution in [2.75, 3.05) is 0 Å². The van der Waals surface area contributed by atoms with Gasteiger partial charge in [-0.15, -0.1) is 0 Å². The summed E-state index contributed by atoms with van der Waals surface area (Å²) in [6.45, 7) is 5.74. The molecule has 7 heteroatoms. The lowest BCUT2D eigenvalue weighted by atomic mass is 9.82. The molecule has 0 spiro atoms. The van der Waals surface area contributed by atoms with E-state index in [1.165, 1.54) is 6.07 Å². The minimum Gasteiger partial charge on any atom is -0.457 e. The van der Waals surface area contributed by atoms with Crippen molar-refractivity contribution < 1.29 is 28.2 Å². The summed E-state index contributed by atoms with van der Waals surface area (Å²) in [6.07, 6.45) is -2.77. The van der Waals surface area contributed by atoms with Crippen molar-refractivity contribution in [1.82, 2.24) is 0 Å². The number of hydrogen-bond donors (Lipinski definition) is 0. The normalized spacial score (nSPS) is 30.4. The Morgan fingerprint density at radius 1 is 1.04 bits per heavy atom. The number of ether oxygens (including phenoxy) is 4. The summed E-state index contributed by atoms with van der Waals surface area (Å²) in [5.74, 6) is 0.265. The monoisotopic (exact) mass is 346 g/mol. The predicted octanol–water partition coefficient (Wildman–Crippen LogP) is 2.85. The first-order chi connectivity index (χ1) is 11.8. The van der Waals surface area contributed by atoms with Crippen LogP contribution >= 0.6 is 0 Å². The lowest BCUT2D eigenvalue weighted by molar-refractivity contribution is -0.259. The van der Waals surface area contributed by atoms with Crippen molar-refractivity contribution in [2.24, 2.45) is 5.92 Å². The summed E-state index contributed by atoms with van der Waals surface area (Å²) >= 11 is 0. The van der Waals surface area contributed by atoms with Gasteiger partial charge in [0.25, 0.3) is 0 Å². The molecule has 1 unspecified atom stereocenters. The molecule has 132 valence electrons. The number of fused-ring (bicyclic) bond motifs is 2. The summed E-state index contributed by atoms with van der Waals surface area (Å²) in [6, 6.07) is 8.26. The fraction of sp³-hybridized carbons (Fsp3) is 0.444. The summed E-state index contributed by atoms with van der Waals surface area (Å²) in [4.78, 5) is 23.2. The number of hydrogen-bond acceptors (Lipinski definition) is 7. The van der Waals surface area contributed by atoms with Crippen molar-refractivity contribution in [2.45, 2.75) is 44.9 Å². The molecule has 1 aromatic heterocycles. The highest BCUT2D eigenvalue weighted by Gasteiger charge is 2.56. The molecule has 4 atom stereocenters. The molecule has 7 nitrogen and oxygen atoms in total. The van der Waals surface area contributed by atoms with Crippen LogP contribution in [0.15, 0.2) is 39.5 Å². The summed E-state index contributed by atoms with van der Waals surface area (Å²) in [5.41, 5.74) is -0.752. The van der Waals surface area contributed by atoms with E-state index in [-0.39, 0.29) is 5.92 Å². The third-order valence-corrected chi connectivity index (χ3v) is 4.92. The number of carbonyl (C=O) groups is 1. The van der Waals surface area contributed by atoms with Gasteiger partial charge >= 0.3 is 11.8 Å². The lowest BCUT2D eigenvalue weighted by Gasteiger charge is -2.44. The molecule has 4 rings (SSSR count). The van der Waals surface area contributed by atoms with E-state index in [4.69, 9.17) is 23.4 Å². The fourth-order valence-corrected chi connectivity index (χ4v) is 3.23. The van der Waals surface area contributed by atoms with Crippen molar-refractivity contribution >= 4 is 17.1 Å². The average Bonchev–Trinajstić information content (AvgIpc) is 2.95. The molecule has 0 saturated carbocycles. The summed E-state index contributed by atoms with van der Waals surface area (Å²) in [7, 11) is 0. The highest BCUT2D eigenvalue weighted by molar-refractivity contribution is 5.82. The molecule has 25 heavy (non-hydrogen) atoms. The van der Waals surface area contributed by atoms with Crippen LogP contribution in [0.5, 0.6) is 5.75 Å². The number of rotatable bonds is 2. The van der Waals surface area contributed by atoms with Gasteiger partial charge in [-0.25, -0.2) is 9.59 Å². The minimum absolute atomic E-state index is 0.0748. The Morgan fingerprint density at radius 3 is 2.60 bits per heavy atom. The molecule has 3 heterocycles. The van der Waals surface area contributed by atoms with Crippen LogP contribution in [0.1, 0.15) is 20.8 Å². The van der Waals surface area contributed by atoms with Crippen LogP contribution < -0.4 is 10.4 Å². The quantitative estimate of drug-likeness (QED) is 0.610. The van der Waals surface area contributed by atoms with E-state index in [2.05, 4.69) is 0 Å². The standard InChI is InChI=1S/C18H18O7/c1-9-13-15(24-17(20)23-13)16(25-18(9,2)3)21-11-6-4-5-10-7-8-12(19)22-14(10)11/h4-9,13,15-16H,1-3H3/t9-,13+,15+,16?/m1/s1. The van der Waals surface area contributed by atoms with Crippen LogP contribution in [0.4, 0.5) is 4.79 Å². The van der Waals surface area contributed by atoms with Gasteiger partial charge in [0, 0.05) is 17.4 Å². The first-order valence-corrected chi connectivity index (χ1v) is 8.10. The Kier molecular flexibility index (Phi) is 3.50. The molecule has 0 aliphatic carbocycles. The van der Waals surface area contributed by atoms with Crippen molar-refractivity contribution in [3.05, 3.63) is 40.8 Å². The van der Waals surface area contributed by atoms with Crippen LogP contribution in [-0.4, -0.2) is 30.3 Å². The van der Waals surface area contributed by atoms with E-state index in [0.717, 1.165) is 5.39 Å². The maximum absolute atomic E-state index is 11.6. The molecule has 0 radical (unpaired) electrons. The second-order valence-corrected chi connectivity index (χ2v) is 6.84. The van der Waals surface area contributed by atoms with Gasteiger partial charge in [0.1, 0.15) is 0 Å². The average molecular weight is 346 g/mol. The van der Waals surface area contributed by atoms with Gasteiger partial charge in [-0.2, -0.15) is 0 Å². The molecule has 1 aromatic carbocycles. The summed E-state index contributed by atoms with van der Waals surface area (Å²) in [5, 5.41) is 0.719. The van der Waals surface area contributed by atoms with Gasteiger partial charge in [-0.3, -0.25) is 0 Å². The van der Waals surface area contributed by atoms with Crippen molar-refractivity contribution in [1.29, 1.82) is 0 Å². The molecular weight excluding hydrogens is 328 g/mol. The molecule has 2 aromatic rings. The Hall–Kier alpha value is -2.54. The minimum atomic E-state index is -0.876. The maximum atomic E-state index is 11.6. The molecule has 0 bridgehead atoms. The van der Waals surface area contributed by atoms with Gasteiger partial charge in [0.05, 0.1) is 5.60 Å². The van der Waals surface area contributed by atoms with Crippen LogP contribution in [0.3, 0.4) is 0 Å². The highest BCUT2D eigenvalue weighted by atomic mass is 16.8. The third kappa shape index (κ3) is 2.64. The first kappa shape index (κ1) is 16.0. The van der Waals surface area contributed by atoms with E-state index in [1.807, 2.05) is 20.8 Å². The maximum Gasteiger partial charge on any atom is 0.509 e. The fourth-order valence-electron chi connectivity index (χ4n) is 3.23. The molecular formula is C18H18O7. The third-order valence-electron chi connectivity index (χ3n) is 4.92. The Morgan fingerprint density at radius 2 is 1.80 bits per heavy atom. The van der Waals surface area contributed by atoms with Crippen molar-refractivity contribution in [3.8, 4) is 5.75 Å². The second-order valence-electron chi connectivity index (χ2n) is 6.84. The Bertz CT molecular complexity index is 884. The molecule has 2 fully saturated rings. The Labute approximate surface area is 143 Å². The van der Waals surface area contributed by atoms with Gasteiger partial charge < -0.3 is 23.4 Å². The highest BCUT2D eigenvalue weighted by Crippen LogP contribution is 2.41.